The number of amides is 1. The highest BCUT2D eigenvalue weighted by atomic mass is 35.5. The van der Waals surface area contributed by atoms with Crippen LogP contribution in [0.5, 0.6) is 0 Å². The van der Waals surface area contributed by atoms with Crippen molar-refractivity contribution in [2.75, 3.05) is 6.54 Å². The predicted octanol–water partition coefficient (Wildman–Crippen LogP) is 1.91. The molecule has 0 spiro atoms. The molecular formula is C12H18ClFN2O. The number of nitrogens with two attached hydrogens (primary N) is 1. The molecule has 17 heavy (non-hydrogen) atoms. The summed E-state index contributed by atoms with van der Waals surface area (Å²) in [5.74, 6) is -0.245. The summed E-state index contributed by atoms with van der Waals surface area (Å²) in [6.07, 6.45) is 1.13. The van der Waals surface area contributed by atoms with Crippen molar-refractivity contribution in [2.45, 2.75) is 26.3 Å². The summed E-state index contributed by atoms with van der Waals surface area (Å²) < 4.78 is 13.0. The number of hydrogen-bond donors (Lipinski definition) is 2. The lowest BCUT2D eigenvalue weighted by molar-refractivity contribution is -0.121. The molecule has 0 radical (unpaired) electrons. The van der Waals surface area contributed by atoms with Crippen LogP contribution in [0, 0.1) is 12.7 Å². The van der Waals surface area contributed by atoms with Gasteiger partial charge in [0.2, 0.25) is 5.91 Å². The third-order valence-corrected chi connectivity index (χ3v) is 2.32. The van der Waals surface area contributed by atoms with E-state index in [1.54, 1.807) is 19.1 Å². The Morgan fingerprint density at radius 1 is 1.47 bits per heavy atom. The highest BCUT2D eigenvalue weighted by Crippen LogP contribution is 2.08. The number of carbonyl (C=O) groups excluding carboxylic acids is 1. The van der Waals surface area contributed by atoms with E-state index in [1.807, 2.05) is 0 Å². The minimum atomic E-state index is -0.224. The van der Waals surface area contributed by atoms with Crippen molar-refractivity contribution in [3.05, 3.63) is 35.1 Å². The molecule has 5 heteroatoms. The van der Waals surface area contributed by atoms with Crippen LogP contribution in [0.2, 0.25) is 0 Å². The lowest BCUT2D eigenvalue weighted by atomic mass is 10.1. The number of nitrogens with one attached hydrogen (secondary N) is 1. The van der Waals surface area contributed by atoms with Crippen molar-refractivity contribution < 1.29 is 9.18 Å². The van der Waals surface area contributed by atoms with E-state index in [0.717, 1.165) is 5.56 Å². The van der Waals surface area contributed by atoms with Gasteiger partial charge in [0.15, 0.2) is 0 Å². The van der Waals surface area contributed by atoms with Gasteiger partial charge >= 0.3 is 0 Å². The second kappa shape index (κ2) is 8.03. The molecule has 0 saturated heterocycles. The monoisotopic (exact) mass is 260 g/mol. The quantitative estimate of drug-likeness (QED) is 0.850. The molecule has 0 saturated carbocycles. The third kappa shape index (κ3) is 5.65. The van der Waals surface area contributed by atoms with E-state index in [0.29, 0.717) is 31.5 Å². The SMILES string of the molecule is Cc1cc(CNC(=O)CCCN)ccc1F.Cl. The smallest absolute Gasteiger partial charge is 0.220 e. The van der Waals surface area contributed by atoms with E-state index < -0.39 is 0 Å². The molecule has 1 aromatic rings. The van der Waals surface area contributed by atoms with Crippen LogP contribution in [0.15, 0.2) is 18.2 Å². The van der Waals surface area contributed by atoms with E-state index in [9.17, 15) is 9.18 Å². The minimum absolute atomic E-state index is 0. The van der Waals surface area contributed by atoms with Gasteiger partial charge in [-0.15, -0.1) is 12.4 Å². The van der Waals surface area contributed by atoms with E-state index in [-0.39, 0.29) is 24.1 Å². The average molecular weight is 261 g/mol. The molecule has 0 aliphatic heterocycles. The molecular weight excluding hydrogens is 243 g/mol. The van der Waals surface area contributed by atoms with Gasteiger partial charge < -0.3 is 11.1 Å². The van der Waals surface area contributed by atoms with Gasteiger partial charge in [-0.2, -0.15) is 0 Å². The van der Waals surface area contributed by atoms with E-state index in [1.165, 1.54) is 6.07 Å². The largest absolute Gasteiger partial charge is 0.352 e. The minimum Gasteiger partial charge on any atom is -0.352 e. The molecule has 0 aromatic heterocycles. The molecule has 3 N–H and O–H groups in total. The van der Waals surface area contributed by atoms with Gasteiger partial charge in [0.25, 0.3) is 0 Å². The van der Waals surface area contributed by atoms with Crippen molar-refractivity contribution in [1.82, 2.24) is 5.32 Å². The fourth-order valence-corrected chi connectivity index (χ4v) is 1.37. The maximum atomic E-state index is 13.0. The van der Waals surface area contributed by atoms with Crippen LogP contribution < -0.4 is 11.1 Å². The number of hydrogen-bond acceptors (Lipinski definition) is 2. The van der Waals surface area contributed by atoms with Crippen molar-refractivity contribution in [1.29, 1.82) is 0 Å². The molecule has 1 amide bonds. The Balaban J connectivity index is 0.00000256. The Morgan fingerprint density at radius 3 is 2.76 bits per heavy atom. The molecule has 1 rings (SSSR count). The molecule has 0 aliphatic rings. The van der Waals surface area contributed by atoms with Crippen LogP contribution in [0.3, 0.4) is 0 Å². The lowest BCUT2D eigenvalue weighted by Gasteiger charge is -2.06. The van der Waals surface area contributed by atoms with Gasteiger partial charge in [-0.25, -0.2) is 4.39 Å². The molecule has 0 fully saturated rings. The molecule has 0 heterocycles. The second-order valence-corrected chi connectivity index (χ2v) is 3.75. The predicted molar refractivity (Wildman–Crippen MR) is 68.5 cm³/mol. The van der Waals surface area contributed by atoms with E-state index in [2.05, 4.69) is 5.32 Å². The van der Waals surface area contributed by atoms with Gasteiger partial charge in [-0.05, 0) is 37.1 Å². The van der Waals surface area contributed by atoms with E-state index in [4.69, 9.17) is 5.73 Å². The van der Waals surface area contributed by atoms with Crippen molar-refractivity contribution in [3.8, 4) is 0 Å². The summed E-state index contributed by atoms with van der Waals surface area (Å²) in [7, 11) is 0. The van der Waals surface area contributed by atoms with Gasteiger partial charge in [0.05, 0.1) is 0 Å². The first-order valence-corrected chi connectivity index (χ1v) is 5.35. The average Bonchev–Trinajstić information content (AvgIpc) is 2.28. The molecule has 0 atom stereocenters. The van der Waals surface area contributed by atoms with Crippen LogP contribution >= 0.6 is 12.4 Å². The zero-order valence-electron chi connectivity index (χ0n) is 9.83. The first kappa shape index (κ1) is 15.9. The molecule has 0 unspecified atom stereocenters. The van der Waals surface area contributed by atoms with Crippen LogP contribution in [0.25, 0.3) is 0 Å². The first-order valence-electron chi connectivity index (χ1n) is 5.35. The number of aryl methyl sites for hydroxylation is 1. The molecule has 3 nitrogen and oxygen atoms in total. The highest BCUT2D eigenvalue weighted by molar-refractivity contribution is 5.85. The Kier molecular flexibility index (Phi) is 7.50. The maximum Gasteiger partial charge on any atom is 0.220 e. The number of carbonyl (C=O) groups is 1. The molecule has 0 bridgehead atoms. The molecule has 0 aliphatic carbocycles. The number of benzene rings is 1. The van der Waals surface area contributed by atoms with Gasteiger partial charge in [-0.1, -0.05) is 12.1 Å². The van der Waals surface area contributed by atoms with Crippen LogP contribution in [0.4, 0.5) is 4.39 Å². The maximum absolute atomic E-state index is 13.0. The van der Waals surface area contributed by atoms with Crippen molar-refractivity contribution in [3.63, 3.8) is 0 Å². The van der Waals surface area contributed by atoms with Gasteiger partial charge in [0, 0.05) is 13.0 Å². The summed E-state index contributed by atoms with van der Waals surface area (Å²) in [4.78, 5) is 11.3. The summed E-state index contributed by atoms with van der Waals surface area (Å²) in [5.41, 5.74) is 6.79. The molecule has 96 valence electrons. The van der Waals surface area contributed by atoms with Gasteiger partial charge in [-0.3, -0.25) is 4.79 Å². The Morgan fingerprint density at radius 2 is 2.18 bits per heavy atom. The Labute approximate surface area is 107 Å². The highest BCUT2D eigenvalue weighted by Gasteiger charge is 2.02. The summed E-state index contributed by atoms with van der Waals surface area (Å²) in [6, 6.07) is 4.82. The number of rotatable bonds is 5. The number of halogens is 2. The van der Waals surface area contributed by atoms with Crippen molar-refractivity contribution in [2.24, 2.45) is 5.73 Å². The summed E-state index contributed by atoms with van der Waals surface area (Å²) in [6.45, 7) is 2.66. The normalized spacial score (nSPS) is 9.59. The first-order chi connectivity index (χ1) is 7.63. The standard InChI is InChI=1S/C12H17FN2O.ClH/c1-9-7-10(4-5-11(9)13)8-15-12(16)3-2-6-14;/h4-5,7H,2-3,6,8,14H2,1H3,(H,15,16);1H. The van der Waals surface area contributed by atoms with Gasteiger partial charge in [0.1, 0.15) is 5.82 Å². The van der Waals surface area contributed by atoms with Crippen LogP contribution in [-0.4, -0.2) is 12.5 Å². The Bertz CT molecular complexity index is 372. The van der Waals surface area contributed by atoms with Crippen LogP contribution in [0.1, 0.15) is 24.0 Å². The fourth-order valence-electron chi connectivity index (χ4n) is 1.37. The van der Waals surface area contributed by atoms with E-state index >= 15 is 0 Å². The zero-order valence-corrected chi connectivity index (χ0v) is 10.6. The fraction of sp³-hybridized carbons (Fsp3) is 0.417. The summed E-state index contributed by atoms with van der Waals surface area (Å²) in [5, 5.41) is 2.76. The van der Waals surface area contributed by atoms with Crippen LogP contribution in [-0.2, 0) is 11.3 Å². The van der Waals surface area contributed by atoms with Crippen molar-refractivity contribution >= 4 is 18.3 Å². The topological polar surface area (TPSA) is 55.1 Å². The molecule has 1 aromatic carbocycles. The lowest BCUT2D eigenvalue weighted by Crippen LogP contribution is -2.23. The Hall–Kier alpha value is -1.13. The summed E-state index contributed by atoms with van der Waals surface area (Å²) >= 11 is 0. The zero-order chi connectivity index (χ0) is 12.0. The second-order valence-electron chi connectivity index (χ2n) is 3.75. The third-order valence-electron chi connectivity index (χ3n) is 2.32.